The van der Waals surface area contributed by atoms with Crippen LogP contribution in [0, 0.1) is 5.41 Å². The molecule has 0 saturated carbocycles. The van der Waals surface area contributed by atoms with Crippen LogP contribution >= 0.6 is 7.26 Å². The van der Waals surface area contributed by atoms with Crippen molar-refractivity contribution < 1.29 is 0 Å². The first-order chi connectivity index (χ1) is 11.9. The summed E-state index contributed by atoms with van der Waals surface area (Å²) in [6, 6.07) is 0. The molecule has 0 fully saturated rings. The zero-order valence-electron chi connectivity index (χ0n) is 19.2. The van der Waals surface area contributed by atoms with E-state index in [1.165, 1.54) is 77.0 Å². The summed E-state index contributed by atoms with van der Waals surface area (Å²) in [7, 11) is -1.10. The monoisotopic (exact) mass is 372 g/mol. The Morgan fingerprint density at radius 2 is 1.08 bits per heavy atom. The molecule has 0 aliphatic rings. The van der Waals surface area contributed by atoms with Crippen molar-refractivity contribution in [1.82, 2.24) is 0 Å². The van der Waals surface area contributed by atoms with E-state index in [-0.39, 0.29) is 0 Å². The molecule has 0 heterocycles. The molecule has 0 bridgehead atoms. The molecule has 1 atom stereocenters. The molecule has 154 valence electrons. The Morgan fingerprint density at radius 1 is 0.640 bits per heavy atom. The van der Waals surface area contributed by atoms with Crippen LogP contribution in [-0.4, -0.2) is 24.1 Å². The van der Waals surface area contributed by atoms with Gasteiger partial charge in [-0.3, -0.25) is 0 Å². The van der Waals surface area contributed by atoms with Gasteiger partial charge in [0.2, 0.25) is 0 Å². The molecule has 0 aliphatic carbocycles. The summed E-state index contributed by atoms with van der Waals surface area (Å²) in [5.74, 6) is 0. The third-order valence-corrected chi connectivity index (χ3v) is 13.3. The van der Waals surface area contributed by atoms with Crippen LogP contribution in [0.3, 0.4) is 0 Å². The average Bonchev–Trinajstić information content (AvgIpc) is 2.59. The third kappa shape index (κ3) is 11.0. The van der Waals surface area contributed by atoms with E-state index in [9.17, 15) is 0 Å². The van der Waals surface area contributed by atoms with Crippen LogP contribution in [0.25, 0.3) is 0 Å². The molecule has 0 aliphatic heterocycles. The second-order valence-electron chi connectivity index (χ2n) is 9.73. The summed E-state index contributed by atoms with van der Waals surface area (Å²) in [5.41, 5.74) is 1.59. The first-order valence-corrected chi connectivity index (χ1v) is 14.6. The van der Waals surface area contributed by atoms with Crippen LogP contribution in [0.2, 0.25) is 0 Å². The van der Waals surface area contributed by atoms with E-state index in [1.807, 2.05) is 0 Å². The second-order valence-corrected chi connectivity index (χ2v) is 14.9. The zero-order valence-corrected chi connectivity index (χ0v) is 20.2. The average molecular weight is 373 g/mol. The minimum atomic E-state index is -1.10. The van der Waals surface area contributed by atoms with Gasteiger partial charge in [0.05, 0.1) is 0 Å². The molecule has 0 aromatic rings. The summed E-state index contributed by atoms with van der Waals surface area (Å²) in [6.45, 7) is 17.2. The standard InChI is InChI=1S/C24H53P/c1-8-12-16-18-24(6,7)19-17-23(5)25(20-13-9-2,21-14-10-3)22-15-11-4/h23,25H,8-22H2,1-7H3. The molecule has 0 saturated heterocycles. The minimum absolute atomic E-state index is 0.559. The molecule has 1 heteroatoms. The van der Waals surface area contributed by atoms with Crippen molar-refractivity contribution >= 4 is 7.26 Å². The van der Waals surface area contributed by atoms with E-state index in [1.54, 1.807) is 18.5 Å². The molecule has 0 spiro atoms. The van der Waals surface area contributed by atoms with E-state index < -0.39 is 7.26 Å². The molecule has 0 rings (SSSR count). The van der Waals surface area contributed by atoms with Gasteiger partial charge in [-0.2, -0.15) is 0 Å². The van der Waals surface area contributed by atoms with Crippen molar-refractivity contribution in [2.24, 2.45) is 5.41 Å². The maximum absolute atomic E-state index is 2.66. The molecule has 1 unspecified atom stereocenters. The van der Waals surface area contributed by atoms with E-state index in [0.29, 0.717) is 5.41 Å². The van der Waals surface area contributed by atoms with E-state index in [0.717, 1.165) is 5.66 Å². The molecule has 0 aromatic carbocycles. The number of hydrogen-bond donors (Lipinski definition) is 0. The predicted molar refractivity (Wildman–Crippen MR) is 124 cm³/mol. The van der Waals surface area contributed by atoms with Crippen molar-refractivity contribution in [1.29, 1.82) is 0 Å². The Bertz CT molecular complexity index is 273. The van der Waals surface area contributed by atoms with Crippen LogP contribution in [-0.2, 0) is 0 Å². The summed E-state index contributed by atoms with van der Waals surface area (Å²) < 4.78 is 0. The number of rotatable bonds is 17. The maximum atomic E-state index is 2.66. The van der Waals surface area contributed by atoms with Crippen molar-refractivity contribution in [2.45, 2.75) is 131 Å². The van der Waals surface area contributed by atoms with Crippen molar-refractivity contribution in [2.75, 3.05) is 18.5 Å². The van der Waals surface area contributed by atoms with Crippen molar-refractivity contribution in [3.8, 4) is 0 Å². The van der Waals surface area contributed by atoms with Crippen LogP contribution < -0.4 is 0 Å². The number of unbranched alkanes of at least 4 members (excludes halogenated alkanes) is 5. The molecule has 25 heavy (non-hydrogen) atoms. The Labute approximate surface area is 162 Å². The Hall–Kier alpha value is 0.430. The molecule has 0 amide bonds. The third-order valence-electron chi connectivity index (χ3n) is 6.84. The van der Waals surface area contributed by atoms with Crippen LogP contribution in [0.15, 0.2) is 0 Å². The van der Waals surface area contributed by atoms with Crippen molar-refractivity contribution in [3.05, 3.63) is 0 Å². The quantitative estimate of drug-likeness (QED) is 0.176. The normalized spacial score (nSPS) is 14.7. The van der Waals surface area contributed by atoms with Crippen molar-refractivity contribution in [3.63, 3.8) is 0 Å². The van der Waals surface area contributed by atoms with Gasteiger partial charge in [0.1, 0.15) is 0 Å². The van der Waals surface area contributed by atoms with Crippen LogP contribution in [0.4, 0.5) is 0 Å². The molecular weight excluding hydrogens is 319 g/mol. The van der Waals surface area contributed by atoms with E-state index in [2.05, 4.69) is 48.5 Å². The molecule has 0 N–H and O–H groups in total. The van der Waals surface area contributed by atoms with E-state index >= 15 is 0 Å². The summed E-state index contributed by atoms with van der Waals surface area (Å²) in [4.78, 5) is 0. The number of hydrogen-bond acceptors (Lipinski definition) is 0. The SMILES string of the molecule is CCCCCC(C)(C)CCC(C)[PH](CCCC)(CCCC)CCCC. The summed E-state index contributed by atoms with van der Waals surface area (Å²) >= 11 is 0. The Balaban J connectivity index is 4.87. The summed E-state index contributed by atoms with van der Waals surface area (Å²) in [6.07, 6.45) is 22.1. The molecule has 0 aromatic heterocycles. The fraction of sp³-hybridized carbons (Fsp3) is 1.00. The van der Waals surface area contributed by atoms with Gasteiger partial charge in [-0.15, -0.1) is 0 Å². The van der Waals surface area contributed by atoms with Crippen LogP contribution in [0.1, 0.15) is 126 Å². The Morgan fingerprint density at radius 3 is 1.48 bits per heavy atom. The molecule has 0 radical (unpaired) electrons. The molecular formula is C24H53P. The van der Waals surface area contributed by atoms with Gasteiger partial charge in [0, 0.05) is 0 Å². The van der Waals surface area contributed by atoms with E-state index in [4.69, 9.17) is 0 Å². The fourth-order valence-corrected chi connectivity index (χ4v) is 10.8. The first kappa shape index (κ1) is 25.4. The van der Waals surface area contributed by atoms with Gasteiger partial charge in [0.15, 0.2) is 0 Å². The van der Waals surface area contributed by atoms with Gasteiger partial charge < -0.3 is 0 Å². The fourth-order valence-electron chi connectivity index (χ4n) is 4.59. The van der Waals surface area contributed by atoms with Gasteiger partial charge in [-0.05, 0) is 0 Å². The van der Waals surface area contributed by atoms with Gasteiger partial charge in [-0.25, -0.2) is 0 Å². The van der Waals surface area contributed by atoms with Gasteiger partial charge in [-0.1, -0.05) is 0 Å². The van der Waals surface area contributed by atoms with Gasteiger partial charge >= 0.3 is 162 Å². The zero-order chi connectivity index (χ0) is 19.2. The topological polar surface area (TPSA) is 0 Å². The van der Waals surface area contributed by atoms with Crippen LogP contribution in [0.5, 0.6) is 0 Å². The molecule has 0 nitrogen and oxygen atoms in total. The van der Waals surface area contributed by atoms with Gasteiger partial charge in [0.25, 0.3) is 0 Å². The predicted octanol–water partition coefficient (Wildman–Crippen LogP) is 8.91. The Kier molecular flexibility index (Phi) is 14.7. The first-order valence-electron chi connectivity index (χ1n) is 11.9. The second kappa shape index (κ2) is 14.5. The summed E-state index contributed by atoms with van der Waals surface area (Å²) in [5, 5.41) is 0.